The number of carbonyl (C=O) groups is 2. The fourth-order valence-corrected chi connectivity index (χ4v) is 3.81. The van der Waals surface area contributed by atoms with Gasteiger partial charge in [0, 0.05) is 19.2 Å². The summed E-state index contributed by atoms with van der Waals surface area (Å²) in [4.78, 5) is 33.1. The number of nitrogens with zero attached hydrogens (tertiary/aromatic N) is 4. The third kappa shape index (κ3) is 2.28. The highest BCUT2D eigenvalue weighted by Gasteiger charge is 2.46. The number of rotatable bonds is 2. The summed E-state index contributed by atoms with van der Waals surface area (Å²) in [5, 5.41) is 3.70. The standard InChI is InChI=1S/C17H18N4O3/c1-11-13(10-19-24-11)17(23)20-8-6-15-14(20)4-5-16(22)21(15)12-3-2-7-18-9-12/h2-3,7,9-10,14-15H,4-6,8H2,1H3/t14-,15-/m0/s1. The molecule has 2 amide bonds. The molecule has 2 atom stereocenters. The number of hydrogen-bond acceptors (Lipinski definition) is 5. The van der Waals surface area contributed by atoms with Gasteiger partial charge in [-0.15, -0.1) is 0 Å². The van der Waals surface area contributed by atoms with Crippen LogP contribution in [0.4, 0.5) is 5.69 Å². The highest BCUT2D eigenvalue weighted by Crippen LogP contribution is 2.35. The predicted molar refractivity (Wildman–Crippen MR) is 85.4 cm³/mol. The third-order valence-electron chi connectivity index (χ3n) is 4.93. The smallest absolute Gasteiger partial charge is 0.259 e. The lowest BCUT2D eigenvalue weighted by atomic mass is 9.95. The molecule has 0 unspecified atom stereocenters. The van der Waals surface area contributed by atoms with E-state index >= 15 is 0 Å². The van der Waals surface area contributed by atoms with E-state index in [1.165, 1.54) is 6.20 Å². The van der Waals surface area contributed by atoms with Crippen LogP contribution in [0.15, 0.2) is 35.2 Å². The van der Waals surface area contributed by atoms with E-state index in [-0.39, 0.29) is 23.9 Å². The average Bonchev–Trinajstić information content (AvgIpc) is 3.21. The summed E-state index contributed by atoms with van der Waals surface area (Å²) < 4.78 is 5.02. The summed E-state index contributed by atoms with van der Waals surface area (Å²) >= 11 is 0. The Kier molecular flexibility index (Phi) is 3.55. The summed E-state index contributed by atoms with van der Waals surface area (Å²) in [5.74, 6) is 0.556. The second kappa shape index (κ2) is 5.74. The minimum atomic E-state index is -0.0678. The van der Waals surface area contributed by atoms with Crippen molar-refractivity contribution in [2.75, 3.05) is 11.4 Å². The lowest BCUT2D eigenvalue weighted by Gasteiger charge is -2.39. The summed E-state index contributed by atoms with van der Waals surface area (Å²) in [6.07, 6.45) is 6.75. The molecule has 2 aliphatic heterocycles. The van der Waals surface area contributed by atoms with E-state index in [0.717, 1.165) is 12.1 Å². The van der Waals surface area contributed by atoms with Gasteiger partial charge in [0.2, 0.25) is 5.91 Å². The Balaban J connectivity index is 1.62. The maximum Gasteiger partial charge on any atom is 0.259 e. The molecule has 24 heavy (non-hydrogen) atoms. The summed E-state index contributed by atoms with van der Waals surface area (Å²) in [6, 6.07) is 3.73. The lowest BCUT2D eigenvalue weighted by Crippen LogP contribution is -2.53. The first-order chi connectivity index (χ1) is 11.7. The molecule has 2 saturated heterocycles. The van der Waals surface area contributed by atoms with Crippen LogP contribution in [0.25, 0.3) is 0 Å². The van der Waals surface area contributed by atoms with Gasteiger partial charge in [0.15, 0.2) is 0 Å². The zero-order chi connectivity index (χ0) is 16.7. The van der Waals surface area contributed by atoms with Crippen LogP contribution in [0, 0.1) is 6.92 Å². The number of aryl methyl sites for hydroxylation is 1. The SMILES string of the molecule is Cc1oncc1C(=O)N1CC[C@H]2[C@@H]1CCC(=O)N2c1cccnc1. The van der Waals surface area contributed by atoms with Crippen molar-refractivity contribution >= 4 is 17.5 Å². The maximum atomic E-state index is 12.8. The van der Waals surface area contributed by atoms with Crippen molar-refractivity contribution in [2.45, 2.75) is 38.3 Å². The number of anilines is 1. The van der Waals surface area contributed by atoms with Gasteiger partial charge < -0.3 is 14.3 Å². The van der Waals surface area contributed by atoms with E-state index in [1.807, 2.05) is 21.9 Å². The summed E-state index contributed by atoms with van der Waals surface area (Å²) in [7, 11) is 0. The van der Waals surface area contributed by atoms with E-state index in [9.17, 15) is 9.59 Å². The number of hydrogen-bond donors (Lipinski definition) is 0. The molecule has 4 rings (SSSR count). The predicted octanol–water partition coefficient (Wildman–Crippen LogP) is 1.79. The topological polar surface area (TPSA) is 79.5 Å². The minimum Gasteiger partial charge on any atom is -0.361 e. The molecule has 7 nitrogen and oxygen atoms in total. The number of amides is 2. The largest absolute Gasteiger partial charge is 0.361 e. The van der Waals surface area contributed by atoms with E-state index in [2.05, 4.69) is 10.1 Å². The van der Waals surface area contributed by atoms with Gasteiger partial charge in [-0.3, -0.25) is 14.6 Å². The number of carbonyl (C=O) groups excluding carboxylic acids is 2. The maximum absolute atomic E-state index is 12.8. The van der Waals surface area contributed by atoms with Crippen molar-refractivity contribution in [3.63, 3.8) is 0 Å². The molecule has 0 N–H and O–H groups in total. The number of aromatic nitrogens is 2. The molecule has 2 aromatic heterocycles. The van der Waals surface area contributed by atoms with Crippen molar-refractivity contribution in [2.24, 2.45) is 0 Å². The van der Waals surface area contributed by atoms with Crippen LogP contribution in [0.5, 0.6) is 0 Å². The van der Waals surface area contributed by atoms with E-state index in [1.54, 1.807) is 19.3 Å². The fourth-order valence-electron chi connectivity index (χ4n) is 3.81. The molecule has 0 aromatic carbocycles. The molecular formula is C17H18N4O3. The van der Waals surface area contributed by atoms with Crippen LogP contribution in [0.2, 0.25) is 0 Å². The van der Waals surface area contributed by atoms with Gasteiger partial charge in [0.05, 0.1) is 30.2 Å². The van der Waals surface area contributed by atoms with Crippen molar-refractivity contribution in [1.82, 2.24) is 15.0 Å². The van der Waals surface area contributed by atoms with Gasteiger partial charge in [0.1, 0.15) is 11.3 Å². The first-order valence-electron chi connectivity index (χ1n) is 8.11. The molecule has 124 valence electrons. The van der Waals surface area contributed by atoms with E-state index in [0.29, 0.717) is 30.7 Å². The normalized spacial score (nSPS) is 23.5. The number of likely N-dealkylation sites (tertiary alicyclic amines) is 1. The highest BCUT2D eigenvalue weighted by molar-refractivity contribution is 5.97. The highest BCUT2D eigenvalue weighted by atomic mass is 16.5. The Morgan fingerprint density at radius 1 is 1.29 bits per heavy atom. The molecule has 2 aliphatic rings. The molecule has 0 radical (unpaired) electrons. The second-order valence-electron chi connectivity index (χ2n) is 6.23. The molecule has 2 aromatic rings. The van der Waals surface area contributed by atoms with Crippen molar-refractivity contribution in [3.05, 3.63) is 42.0 Å². The second-order valence-corrected chi connectivity index (χ2v) is 6.23. The summed E-state index contributed by atoms with van der Waals surface area (Å²) in [6.45, 7) is 2.36. The van der Waals surface area contributed by atoms with Crippen molar-refractivity contribution in [3.8, 4) is 0 Å². The number of fused-ring (bicyclic) bond motifs is 1. The average molecular weight is 326 g/mol. The van der Waals surface area contributed by atoms with Crippen molar-refractivity contribution in [1.29, 1.82) is 0 Å². The molecule has 0 spiro atoms. The van der Waals surface area contributed by atoms with E-state index in [4.69, 9.17) is 4.52 Å². The lowest BCUT2D eigenvalue weighted by molar-refractivity contribution is -0.120. The summed E-state index contributed by atoms with van der Waals surface area (Å²) in [5.41, 5.74) is 1.30. The minimum absolute atomic E-state index is 0.000402. The van der Waals surface area contributed by atoms with Gasteiger partial charge >= 0.3 is 0 Å². The van der Waals surface area contributed by atoms with Crippen LogP contribution in [0.3, 0.4) is 0 Å². The van der Waals surface area contributed by atoms with Crippen LogP contribution in [0.1, 0.15) is 35.4 Å². The first-order valence-corrected chi connectivity index (χ1v) is 8.11. The molecule has 4 heterocycles. The van der Waals surface area contributed by atoms with Crippen LogP contribution in [-0.4, -0.2) is 45.5 Å². The molecule has 0 saturated carbocycles. The van der Waals surface area contributed by atoms with Gasteiger partial charge in [-0.05, 0) is 31.9 Å². The van der Waals surface area contributed by atoms with Gasteiger partial charge in [0.25, 0.3) is 5.91 Å². The molecule has 2 fully saturated rings. The first kappa shape index (κ1) is 14.9. The van der Waals surface area contributed by atoms with Gasteiger partial charge in [-0.25, -0.2) is 0 Å². The monoisotopic (exact) mass is 326 g/mol. The van der Waals surface area contributed by atoms with Crippen LogP contribution >= 0.6 is 0 Å². The zero-order valence-corrected chi connectivity index (χ0v) is 13.4. The third-order valence-corrected chi connectivity index (χ3v) is 4.93. The Labute approximate surface area is 139 Å². The van der Waals surface area contributed by atoms with Gasteiger partial charge in [-0.1, -0.05) is 5.16 Å². The van der Waals surface area contributed by atoms with Gasteiger partial charge in [-0.2, -0.15) is 0 Å². The zero-order valence-electron chi connectivity index (χ0n) is 13.4. The number of piperidine rings is 1. The van der Waals surface area contributed by atoms with E-state index < -0.39 is 0 Å². The Hall–Kier alpha value is -2.70. The Bertz CT molecular complexity index is 773. The number of pyridine rings is 1. The molecule has 0 bridgehead atoms. The quantitative estimate of drug-likeness (QED) is 0.840. The van der Waals surface area contributed by atoms with Crippen LogP contribution < -0.4 is 4.90 Å². The molecule has 7 heteroatoms. The Morgan fingerprint density at radius 2 is 2.17 bits per heavy atom. The van der Waals surface area contributed by atoms with Crippen LogP contribution in [-0.2, 0) is 4.79 Å². The molecule has 0 aliphatic carbocycles. The Morgan fingerprint density at radius 3 is 2.88 bits per heavy atom. The molecular weight excluding hydrogens is 308 g/mol. The van der Waals surface area contributed by atoms with Crippen molar-refractivity contribution < 1.29 is 14.1 Å². The fraction of sp³-hybridized carbons (Fsp3) is 0.412.